The van der Waals surface area contributed by atoms with E-state index in [-0.39, 0.29) is 11.5 Å². The maximum atomic E-state index is 12.4. The zero-order valence-electron chi connectivity index (χ0n) is 15.5. The number of rotatable bonds is 4. The maximum Gasteiger partial charge on any atom is 0.340 e. The Hall–Kier alpha value is -2.48. The molecule has 1 atom stereocenters. The number of benzene rings is 1. The van der Waals surface area contributed by atoms with E-state index >= 15 is 0 Å². The Kier molecular flexibility index (Phi) is 4.94. The van der Waals surface area contributed by atoms with E-state index in [1.165, 1.54) is 0 Å². The molecule has 1 aromatic carbocycles. The second-order valence-electron chi connectivity index (χ2n) is 7.34. The highest BCUT2D eigenvalue weighted by atomic mass is 32.2. The van der Waals surface area contributed by atoms with Crippen molar-refractivity contribution in [3.8, 4) is 0 Å². The third-order valence-corrected chi connectivity index (χ3v) is 6.56. The zero-order chi connectivity index (χ0) is 19.8. The lowest BCUT2D eigenvalue weighted by molar-refractivity contribution is -0.125. The molecule has 3 rings (SSSR count). The van der Waals surface area contributed by atoms with Crippen LogP contribution in [-0.4, -0.2) is 48.9 Å². The van der Waals surface area contributed by atoms with Crippen molar-refractivity contribution in [3.63, 3.8) is 0 Å². The van der Waals surface area contributed by atoms with Crippen molar-refractivity contribution in [1.29, 1.82) is 0 Å². The van der Waals surface area contributed by atoms with Crippen LogP contribution in [0.3, 0.4) is 0 Å². The van der Waals surface area contributed by atoms with Crippen molar-refractivity contribution in [2.45, 2.75) is 32.7 Å². The third kappa shape index (κ3) is 4.44. The molecule has 7 nitrogen and oxygen atoms in total. The lowest BCUT2D eigenvalue weighted by atomic mass is 10.0. The molecule has 1 amide bonds. The summed E-state index contributed by atoms with van der Waals surface area (Å²) in [6.07, 6.45) is 0.349. The summed E-state index contributed by atoms with van der Waals surface area (Å²) < 4.78 is 28.3. The number of pyridine rings is 1. The molecule has 0 spiro atoms. The van der Waals surface area contributed by atoms with Gasteiger partial charge in [0, 0.05) is 5.39 Å². The van der Waals surface area contributed by atoms with Crippen LogP contribution in [0.15, 0.2) is 24.3 Å². The number of aryl methyl sites for hydroxylation is 2. The van der Waals surface area contributed by atoms with E-state index in [1.54, 1.807) is 19.9 Å². The van der Waals surface area contributed by atoms with Gasteiger partial charge in [-0.1, -0.05) is 11.6 Å². The number of carbonyl (C=O) groups excluding carboxylic acids is 2. The van der Waals surface area contributed by atoms with Crippen molar-refractivity contribution < 1.29 is 22.7 Å². The molecule has 1 aromatic heterocycles. The van der Waals surface area contributed by atoms with Gasteiger partial charge in [0.1, 0.15) is 0 Å². The van der Waals surface area contributed by atoms with Gasteiger partial charge in [0.25, 0.3) is 5.91 Å². The molecule has 1 N–H and O–H groups in total. The van der Waals surface area contributed by atoms with Crippen LogP contribution in [0.1, 0.15) is 35.0 Å². The summed E-state index contributed by atoms with van der Waals surface area (Å²) in [5.74, 6) is -1.22. The van der Waals surface area contributed by atoms with Crippen molar-refractivity contribution in [2.75, 3.05) is 18.1 Å². The summed E-state index contributed by atoms with van der Waals surface area (Å²) in [5.41, 5.74) is 1.83. The van der Waals surface area contributed by atoms with Crippen molar-refractivity contribution in [2.24, 2.45) is 0 Å². The predicted molar refractivity (Wildman–Crippen MR) is 101 cm³/mol. The highest BCUT2D eigenvalue weighted by Gasteiger charge is 2.39. The Labute approximate surface area is 158 Å². The summed E-state index contributed by atoms with van der Waals surface area (Å²) >= 11 is 0. The smallest absolute Gasteiger partial charge is 0.340 e. The zero-order valence-corrected chi connectivity index (χ0v) is 16.4. The summed E-state index contributed by atoms with van der Waals surface area (Å²) in [5, 5.41) is 3.48. The number of amides is 1. The van der Waals surface area contributed by atoms with Gasteiger partial charge in [-0.3, -0.25) is 9.78 Å². The van der Waals surface area contributed by atoms with Crippen LogP contribution >= 0.6 is 0 Å². The van der Waals surface area contributed by atoms with Crippen LogP contribution in [0.2, 0.25) is 0 Å². The van der Waals surface area contributed by atoms with Gasteiger partial charge < -0.3 is 10.1 Å². The molecule has 2 heterocycles. The van der Waals surface area contributed by atoms with Gasteiger partial charge in [0.15, 0.2) is 16.4 Å². The number of hydrogen-bond donors (Lipinski definition) is 1. The Balaban J connectivity index is 1.66. The van der Waals surface area contributed by atoms with Crippen LogP contribution in [0.5, 0.6) is 0 Å². The van der Waals surface area contributed by atoms with Crippen LogP contribution in [0.25, 0.3) is 10.9 Å². The molecule has 8 heteroatoms. The fourth-order valence-corrected chi connectivity index (χ4v) is 5.38. The second-order valence-corrected chi connectivity index (χ2v) is 9.53. The Morgan fingerprint density at radius 1 is 1.26 bits per heavy atom. The first-order valence-corrected chi connectivity index (χ1v) is 10.5. The van der Waals surface area contributed by atoms with E-state index in [2.05, 4.69) is 10.3 Å². The van der Waals surface area contributed by atoms with Crippen molar-refractivity contribution in [1.82, 2.24) is 10.3 Å². The molecular weight excluding hydrogens is 368 g/mol. The van der Waals surface area contributed by atoms with Crippen LogP contribution in [0.4, 0.5) is 0 Å². The average Bonchev–Trinajstić information content (AvgIpc) is 2.85. The lowest BCUT2D eigenvalue weighted by Gasteiger charge is -2.23. The molecule has 1 aliphatic heterocycles. The molecule has 1 aliphatic rings. The topological polar surface area (TPSA) is 102 Å². The number of aromatic nitrogens is 1. The fraction of sp³-hybridized carbons (Fsp3) is 0.421. The van der Waals surface area contributed by atoms with E-state index in [4.69, 9.17) is 4.74 Å². The molecular formula is C19H22N2O5S. The highest BCUT2D eigenvalue weighted by molar-refractivity contribution is 7.91. The van der Waals surface area contributed by atoms with Crippen LogP contribution < -0.4 is 5.32 Å². The van der Waals surface area contributed by atoms with Crippen molar-refractivity contribution in [3.05, 3.63) is 41.1 Å². The number of nitrogens with zero attached hydrogens (tertiary/aromatic N) is 1. The molecule has 0 radical (unpaired) electrons. The monoisotopic (exact) mass is 390 g/mol. The predicted octanol–water partition coefficient (Wildman–Crippen LogP) is 1.70. The van der Waals surface area contributed by atoms with Gasteiger partial charge in [0.05, 0.1) is 33.8 Å². The van der Waals surface area contributed by atoms with E-state index < -0.39 is 33.9 Å². The molecule has 144 valence electrons. The van der Waals surface area contributed by atoms with Gasteiger partial charge in [-0.2, -0.15) is 0 Å². The van der Waals surface area contributed by atoms with Crippen LogP contribution in [0, 0.1) is 13.8 Å². The molecule has 1 fully saturated rings. The van der Waals surface area contributed by atoms with E-state index in [0.29, 0.717) is 17.7 Å². The van der Waals surface area contributed by atoms with E-state index in [9.17, 15) is 18.0 Å². The summed E-state index contributed by atoms with van der Waals surface area (Å²) in [6.45, 7) is 4.86. The number of carbonyl (C=O) groups is 2. The number of fused-ring (bicyclic) bond motifs is 1. The lowest BCUT2D eigenvalue weighted by Crippen LogP contribution is -2.48. The molecule has 27 heavy (non-hydrogen) atoms. The molecule has 1 saturated heterocycles. The molecule has 0 aliphatic carbocycles. The van der Waals surface area contributed by atoms with Gasteiger partial charge >= 0.3 is 5.97 Å². The molecule has 2 aromatic rings. The molecule has 0 saturated carbocycles. The SMILES string of the molecule is Cc1ccc2nc(C)c(C(=O)OCC(=O)NC3(C)CCS(=O)(=O)C3)cc2c1. The number of esters is 1. The highest BCUT2D eigenvalue weighted by Crippen LogP contribution is 2.23. The van der Waals surface area contributed by atoms with Crippen LogP contribution in [-0.2, 0) is 19.4 Å². The minimum Gasteiger partial charge on any atom is -0.452 e. The third-order valence-electron chi connectivity index (χ3n) is 4.66. The Morgan fingerprint density at radius 2 is 2.00 bits per heavy atom. The maximum absolute atomic E-state index is 12.4. The summed E-state index contributed by atoms with van der Waals surface area (Å²) in [4.78, 5) is 28.9. The first kappa shape index (κ1) is 19.3. The molecule has 1 unspecified atom stereocenters. The minimum atomic E-state index is -3.13. The number of sulfone groups is 1. The normalized spacial score (nSPS) is 21.1. The second kappa shape index (κ2) is 6.92. The van der Waals surface area contributed by atoms with Crippen molar-refractivity contribution >= 4 is 32.6 Å². The largest absolute Gasteiger partial charge is 0.452 e. The number of hydrogen-bond acceptors (Lipinski definition) is 6. The number of ether oxygens (including phenoxy) is 1. The van der Waals surface area contributed by atoms with Gasteiger partial charge in [0.2, 0.25) is 0 Å². The van der Waals surface area contributed by atoms with Gasteiger partial charge in [-0.05, 0) is 45.4 Å². The van der Waals surface area contributed by atoms with E-state index in [1.807, 2.05) is 25.1 Å². The Bertz CT molecular complexity index is 1030. The van der Waals surface area contributed by atoms with Gasteiger partial charge in [-0.25, -0.2) is 13.2 Å². The summed E-state index contributed by atoms with van der Waals surface area (Å²) in [6, 6.07) is 7.46. The first-order chi connectivity index (χ1) is 12.6. The molecule has 0 bridgehead atoms. The average molecular weight is 390 g/mol. The quantitative estimate of drug-likeness (QED) is 0.797. The minimum absolute atomic E-state index is 0.0466. The number of nitrogens with one attached hydrogen (secondary N) is 1. The Morgan fingerprint density at radius 3 is 2.67 bits per heavy atom. The summed E-state index contributed by atoms with van der Waals surface area (Å²) in [7, 11) is -3.13. The van der Waals surface area contributed by atoms with Gasteiger partial charge in [-0.15, -0.1) is 0 Å². The van der Waals surface area contributed by atoms with E-state index in [0.717, 1.165) is 16.5 Å². The standard InChI is InChI=1S/C19H22N2O5S/c1-12-4-5-16-14(8-12)9-15(13(2)20-16)18(23)26-10-17(22)21-19(3)6-7-27(24,25)11-19/h4-5,8-9H,6-7,10-11H2,1-3H3,(H,21,22). The fourth-order valence-electron chi connectivity index (χ4n) is 3.29. The first-order valence-electron chi connectivity index (χ1n) is 8.63.